The quantitative estimate of drug-likeness (QED) is 0.734. The van der Waals surface area contributed by atoms with E-state index in [2.05, 4.69) is 22.6 Å². The first-order chi connectivity index (χ1) is 8.28. The number of hydrogen-bond acceptors (Lipinski definition) is 3. The first-order valence-electron chi connectivity index (χ1n) is 6.99. The van der Waals surface area contributed by atoms with Gasteiger partial charge in [0.15, 0.2) is 0 Å². The van der Waals surface area contributed by atoms with Crippen LogP contribution in [0, 0.1) is 0 Å². The average Bonchev–Trinajstić information content (AvgIpc) is 2.74. The molecule has 96 valence electrons. The topological polar surface area (TPSA) is 44.4 Å². The Morgan fingerprint density at radius 1 is 1.24 bits per heavy atom. The Bertz CT molecular complexity index is 293. The fourth-order valence-corrected chi connectivity index (χ4v) is 4.05. The summed E-state index contributed by atoms with van der Waals surface area (Å²) in [6, 6.07) is 2.57. The Hall–Kier alpha value is -0.610. The number of nitrogens with one attached hydrogen (secondary N) is 2. The largest absolute Gasteiger partial charge is 0.354 e. The fourth-order valence-electron chi connectivity index (χ4n) is 4.05. The van der Waals surface area contributed by atoms with Gasteiger partial charge in [0.25, 0.3) is 0 Å². The maximum absolute atomic E-state index is 11.4. The summed E-state index contributed by atoms with van der Waals surface area (Å²) >= 11 is 0. The molecule has 3 aliphatic rings. The Morgan fingerprint density at radius 2 is 1.94 bits per heavy atom. The monoisotopic (exact) mass is 237 g/mol. The van der Waals surface area contributed by atoms with E-state index < -0.39 is 0 Å². The van der Waals surface area contributed by atoms with Gasteiger partial charge in [0.2, 0.25) is 5.91 Å². The Morgan fingerprint density at radius 3 is 2.47 bits per heavy atom. The molecule has 0 aliphatic carbocycles. The molecule has 3 fully saturated rings. The zero-order valence-electron chi connectivity index (χ0n) is 10.6. The van der Waals surface area contributed by atoms with E-state index in [1.807, 2.05) is 0 Å². The van der Waals surface area contributed by atoms with Crippen molar-refractivity contribution < 1.29 is 4.79 Å². The van der Waals surface area contributed by atoms with Crippen molar-refractivity contribution >= 4 is 5.91 Å². The zero-order valence-corrected chi connectivity index (χ0v) is 10.6. The van der Waals surface area contributed by atoms with E-state index in [1.54, 1.807) is 0 Å². The first kappa shape index (κ1) is 11.5. The van der Waals surface area contributed by atoms with Crippen molar-refractivity contribution in [2.75, 3.05) is 13.6 Å². The minimum Gasteiger partial charge on any atom is -0.354 e. The van der Waals surface area contributed by atoms with Crippen LogP contribution in [0.2, 0.25) is 0 Å². The van der Waals surface area contributed by atoms with Crippen LogP contribution in [0.25, 0.3) is 0 Å². The van der Waals surface area contributed by atoms with E-state index in [0.717, 1.165) is 13.0 Å². The molecule has 1 amide bonds. The zero-order chi connectivity index (χ0) is 11.8. The Labute approximate surface area is 103 Å². The normalized spacial score (nSPS) is 42.5. The van der Waals surface area contributed by atoms with Crippen molar-refractivity contribution in [3.63, 3.8) is 0 Å². The maximum atomic E-state index is 11.4. The van der Waals surface area contributed by atoms with E-state index in [1.165, 1.54) is 32.1 Å². The molecule has 4 heteroatoms. The predicted octanol–water partition coefficient (Wildman–Crippen LogP) is 0.480. The van der Waals surface area contributed by atoms with Crippen molar-refractivity contribution in [1.29, 1.82) is 0 Å². The molecule has 0 aromatic rings. The average molecular weight is 237 g/mol. The lowest BCUT2D eigenvalue weighted by atomic mass is 9.80. The van der Waals surface area contributed by atoms with Crippen LogP contribution in [0.5, 0.6) is 0 Å². The highest BCUT2D eigenvalue weighted by atomic mass is 16.1. The van der Waals surface area contributed by atoms with Gasteiger partial charge in [-0.1, -0.05) is 6.42 Å². The van der Waals surface area contributed by atoms with E-state index in [-0.39, 0.29) is 5.91 Å². The van der Waals surface area contributed by atoms with Crippen molar-refractivity contribution in [2.45, 2.75) is 62.7 Å². The summed E-state index contributed by atoms with van der Waals surface area (Å²) in [5.41, 5.74) is 0. The number of amides is 1. The number of rotatable bonds is 2. The van der Waals surface area contributed by atoms with Crippen LogP contribution in [0.15, 0.2) is 0 Å². The SMILES string of the molecule is CNC1CC2CCCC(C1)N2C1CNC(=O)C1. The van der Waals surface area contributed by atoms with Gasteiger partial charge in [0, 0.05) is 37.1 Å². The third kappa shape index (κ3) is 2.08. The van der Waals surface area contributed by atoms with Gasteiger partial charge in [-0.25, -0.2) is 0 Å². The van der Waals surface area contributed by atoms with Crippen LogP contribution in [-0.2, 0) is 4.79 Å². The Balaban J connectivity index is 1.73. The summed E-state index contributed by atoms with van der Waals surface area (Å²) in [5.74, 6) is 0.240. The highest BCUT2D eigenvalue weighted by Crippen LogP contribution is 2.36. The molecule has 2 N–H and O–H groups in total. The molecule has 3 atom stereocenters. The standard InChI is InChI=1S/C13H23N3O/c1-14-9-5-10-3-2-4-11(6-9)16(10)12-7-13(17)15-8-12/h9-12,14H,2-8H2,1H3,(H,15,17). The molecule has 0 aromatic heterocycles. The van der Waals surface area contributed by atoms with Crippen LogP contribution in [0.3, 0.4) is 0 Å². The lowest BCUT2D eigenvalue weighted by molar-refractivity contribution is -0.119. The van der Waals surface area contributed by atoms with Crippen LogP contribution < -0.4 is 10.6 Å². The summed E-state index contributed by atoms with van der Waals surface area (Å²) in [6.45, 7) is 0.871. The second-order valence-corrected chi connectivity index (χ2v) is 5.80. The van der Waals surface area contributed by atoms with Crippen LogP contribution in [0.1, 0.15) is 38.5 Å². The molecule has 0 radical (unpaired) electrons. The first-order valence-corrected chi connectivity index (χ1v) is 6.99. The van der Waals surface area contributed by atoms with Gasteiger partial charge in [0.1, 0.15) is 0 Å². The third-order valence-electron chi connectivity index (χ3n) is 4.82. The smallest absolute Gasteiger partial charge is 0.221 e. The summed E-state index contributed by atoms with van der Waals surface area (Å²) < 4.78 is 0. The second-order valence-electron chi connectivity index (χ2n) is 5.80. The highest BCUT2D eigenvalue weighted by Gasteiger charge is 2.42. The van der Waals surface area contributed by atoms with Crippen LogP contribution >= 0.6 is 0 Å². The number of carbonyl (C=O) groups excluding carboxylic acids is 1. The molecule has 17 heavy (non-hydrogen) atoms. The molecule has 4 nitrogen and oxygen atoms in total. The molecular formula is C13H23N3O. The lowest BCUT2D eigenvalue weighted by Gasteiger charge is -2.51. The highest BCUT2D eigenvalue weighted by molar-refractivity contribution is 5.78. The number of hydrogen-bond donors (Lipinski definition) is 2. The molecule has 0 aromatic carbocycles. The minimum atomic E-state index is 0.240. The predicted molar refractivity (Wildman–Crippen MR) is 66.8 cm³/mol. The molecule has 0 saturated carbocycles. The van der Waals surface area contributed by atoms with Crippen molar-refractivity contribution in [1.82, 2.24) is 15.5 Å². The molecule has 2 bridgehead atoms. The molecule has 0 spiro atoms. The maximum Gasteiger partial charge on any atom is 0.221 e. The van der Waals surface area contributed by atoms with Gasteiger partial charge in [-0.05, 0) is 32.7 Å². The van der Waals surface area contributed by atoms with Crippen molar-refractivity contribution in [3.8, 4) is 0 Å². The van der Waals surface area contributed by atoms with Crippen LogP contribution in [-0.4, -0.2) is 48.6 Å². The molecule has 3 unspecified atom stereocenters. The van der Waals surface area contributed by atoms with Gasteiger partial charge >= 0.3 is 0 Å². The van der Waals surface area contributed by atoms with E-state index in [9.17, 15) is 4.79 Å². The molecule has 3 rings (SSSR count). The van der Waals surface area contributed by atoms with Gasteiger partial charge in [-0.15, -0.1) is 0 Å². The van der Waals surface area contributed by atoms with Gasteiger partial charge in [0.05, 0.1) is 0 Å². The minimum absolute atomic E-state index is 0.240. The van der Waals surface area contributed by atoms with E-state index in [4.69, 9.17) is 0 Å². The molecular weight excluding hydrogens is 214 g/mol. The molecule has 3 saturated heterocycles. The number of nitrogens with zero attached hydrogens (tertiary/aromatic N) is 1. The van der Waals surface area contributed by atoms with Gasteiger partial charge in [-0.2, -0.15) is 0 Å². The van der Waals surface area contributed by atoms with Crippen molar-refractivity contribution in [3.05, 3.63) is 0 Å². The van der Waals surface area contributed by atoms with E-state index >= 15 is 0 Å². The van der Waals surface area contributed by atoms with Gasteiger partial charge < -0.3 is 10.6 Å². The van der Waals surface area contributed by atoms with E-state index in [0.29, 0.717) is 24.2 Å². The summed E-state index contributed by atoms with van der Waals surface area (Å²) in [4.78, 5) is 14.1. The number of fused-ring (bicyclic) bond motifs is 2. The summed E-state index contributed by atoms with van der Waals surface area (Å²) in [5, 5.41) is 6.43. The fraction of sp³-hybridized carbons (Fsp3) is 0.923. The number of carbonyl (C=O) groups is 1. The summed E-state index contributed by atoms with van der Waals surface area (Å²) in [7, 11) is 2.08. The van der Waals surface area contributed by atoms with Crippen LogP contribution in [0.4, 0.5) is 0 Å². The third-order valence-corrected chi connectivity index (χ3v) is 4.82. The van der Waals surface area contributed by atoms with Gasteiger partial charge in [-0.3, -0.25) is 9.69 Å². The van der Waals surface area contributed by atoms with Crippen molar-refractivity contribution in [2.24, 2.45) is 0 Å². The Kier molecular flexibility index (Phi) is 3.09. The molecule has 3 heterocycles. The second kappa shape index (κ2) is 4.58. The lowest BCUT2D eigenvalue weighted by Crippen LogP contribution is -2.59. The summed E-state index contributed by atoms with van der Waals surface area (Å²) in [6.07, 6.45) is 7.25. The number of piperidine rings is 2. The molecule has 3 aliphatic heterocycles.